The summed E-state index contributed by atoms with van der Waals surface area (Å²) in [5.74, 6) is 1.20. The number of imidazole rings is 1. The van der Waals surface area contributed by atoms with Gasteiger partial charge in [-0.2, -0.15) is 0 Å². The molecule has 5 aliphatic rings. The molecule has 3 N–H and O–H groups in total. The molecular weight excluding hydrogens is 670 g/mol. The fraction of sp³-hybridized carbons (Fsp3) is 0.514. The Morgan fingerprint density at radius 1 is 1.08 bits per heavy atom. The second-order valence-corrected chi connectivity index (χ2v) is 14.8. The van der Waals surface area contributed by atoms with Crippen molar-refractivity contribution in [1.29, 1.82) is 0 Å². The number of piperidine rings is 1. The number of hydrogen-bond acceptors (Lipinski definition) is 10. The SMILES string of the molecule is C=CCC1(CC(C)C)C(=O)NC(=O)NC1=O.COc1ccc2c3c1O[C@H]1[C@@H](O)C=C[C@H]4[C@@H](C2)N(C)CC[C@@]341.Cn1c(=O)c2c(ncn2C)n(C)c1=O. The number of methoxy groups -OCH3 is 1. The molecule has 15 nitrogen and oxygen atoms in total. The largest absolute Gasteiger partial charge is 0.493 e. The van der Waals surface area contributed by atoms with Crippen molar-refractivity contribution in [2.45, 2.75) is 63.2 Å². The Morgan fingerprint density at radius 3 is 2.40 bits per heavy atom. The number of carbonyl (C=O) groups is 3. The molecule has 3 aliphatic heterocycles. The van der Waals surface area contributed by atoms with Gasteiger partial charge in [0.15, 0.2) is 22.7 Å². The zero-order valence-electron chi connectivity index (χ0n) is 30.6. The number of aromatic nitrogens is 4. The van der Waals surface area contributed by atoms with Crippen LogP contribution in [0.3, 0.4) is 0 Å². The number of urea groups is 1. The van der Waals surface area contributed by atoms with E-state index in [0.717, 1.165) is 35.5 Å². The molecule has 2 aliphatic carbocycles. The highest BCUT2D eigenvalue weighted by molar-refractivity contribution is 6.19. The summed E-state index contributed by atoms with van der Waals surface area (Å²) in [7, 11) is 8.68. The summed E-state index contributed by atoms with van der Waals surface area (Å²) in [4.78, 5) is 64.2. The average Bonchev–Trinajstić information content (AvgIpc) is 3.67. The lowest BCUT2D eigenvalue weighted by molar-refractivity contribution is -0.145. The maximum absolute atomic E-state index is 11.8. The Kier molecular flexibility index (Phi) is 9.55. The molecule has 8 rings (SSSR count). The zero-order chi connectivity index (χ0) is 37.9. The fourth-order valence-electron chi connectivity index (χ4n) is 8.84. The number of rotatable bonds is 5. The summed E-state index contributed by atoms with van der Waals surface area (Å²) in [6.45, 7) is 8.44. The van der Waals surface area contributed by atoms with Gasteiger partial charge in [-0.25, -0.2) is 14.6 Å². The first kappa shape index (κ1) is 36.8. The van der Waals surface area contributed by atoms with E-state index in [1.165, 1.54) is 35.1 Å². The number of aryl methyl sites for hydroxylation is 2. The van der Waals surface area contributed by atoms with E-state index in [4.69, 9.17) is 9.47 Å². The number of fused-ring (bicyclic) bond motifs is 1. The first-order valence-corrected chi connectivity index (χ1v) is 17.4. The molecule has 15 heteroatoms. The molecule has 52 heavy (non-hydrogen) atoms. The van der Waals surface area contributed by atoms with Crippen LogP contribution in [0.1, 0.15) is 44.2 Å². The molecule has 2 fully saturated rings. The van der Waals surface area contributed by atoms with E-state index in [9.17, 15) is 29.1 Å². The van der Waals surface area contributed by atoms with Crippen molar-refractivity contribution in [3.8, 4) is 11.5 Å². The summed E-state index contributed by atoms with van der Waals surface area (Å²) in [6.07, 6.45) is 9.21. The molecule has 0 unspecified atom stereocenters. The molecule has 5 heterocycles. The third kappa shape index (κ3) is 5.57. The number of barbiturate groups is 1. The number of imide groups is 2. The standard InChI is InChI=1S/C18H21NO3.C11H16N2O3.C8H10N4O2/c1-19-8-7-18-11-4-5-13(20)17(18)22-16-14(21-2)6-3-10(15(16)18)9-12(11)19;1-4-5-11(6-7(2)3)8(14)12-10(16)13-9(11)15;1-10-4-9-6-5(10)7(13)12(3)8(14)11(6)2/h3-6,11-13,17,20H,7-9H2,1-2H3;4,7H,1,5-6H2,2-3H3,(H2,12,13,14,15,16);4H,1-3H3/t11-,12+,13-,17-,18-;;/m0../s1. The number of amides is 4. The van der Waals surface area contributed by atoms with Gasteiger partial charge in [-0.1, -0.05) is 38.1 Å². The van der Waals surface area contributed by atoms with E-state index in [2.05, 4.69) is 46.3 Å². The van der Waals surface area contributed by atoms with Gasteiger partial charge in [0.05, 0.1) is 13.4 Å². The Labute approximate surface area is 300 Å². The Balaban J connectivity index is 0.000000139. The normalized spacial score (nSPS) is 26.3. The molecule has 1 spiro atoms. The van der Waals surface area contributed by atoms with Gasteiger partial charge in [-0.15, -0.1) is 6.58 Å². The highest BCUT2D eigenvalue weighted by atomic mass is 16.5. The van der Waals surface area contributed by atoms with Crippen LogP contribution in [-0.2, 0) is 42.6 Å². The van der Waals surface area contributed by atoms with Crippen LogP contribution < -0.4 is 31.4 Å². The predicted molar refractivity (Wildman–Crippen MR) is 192 cm³/mol. The van der Waals surface area contributed by atoms with Crippen LogP contribution in [0.15, 0.2) is 52.9 Å². The van der Waals surface area contributed by atoms with Crippen LogP contribution in [0.2, 0.25) is 0 Å². The number of likely N-dealkylation sites (tertiary alicyclic amines) is 1. The minimum Gasteiger partial charge on any atom is -0.493 e. The minimum atomic E-state index is -1.19. The van der Waals surface area contributed by atoms with Crippen molar-refractivity contribution in [2.75, 3.05) is 20.7 Å². The van der Waals surface area contributed by atoms with Crippen LogP contribution in [0.5, 0.6) is 11.5 Å². The summed E-state index contributed by atoms with van der Waals surface area (Å²) in [5, 5.41) is 14.8. The molecule has 0 radical (unpaired) electrons. The number of hydrogen-bond donors (Lipinski definition) is 3. The molecule has 2 bridgehead atoms. The van der Waals surface area contributed by atoms with E-state index in [0.29, 0.717) is 29.5 Å². The molecule has 0 saturated carbocycles. The lowest BCUT2D eigenvalue weighted by Gasteiger charge is -2.56. The van der Waals surface area contributed by atoms with Crippen molar-refractivity contribution in [3.05, 3.63) is 75.2 Å². The smallest absolute Gasteiger partial charge is 0.332 e. The number of nitrogens with zero attached hydrogens (tertiary/aromatic N) is 5. The number of benzene rings is 1. The highest BCUT2D eigenvalue weighted by Gasteiger charge is 2.64. The Bertz CT molecular complexity index is 2090. The quantitative estimate of drug-likeness (QED) is 0.258. The van der Waals surface area contributed by atoms with E-state index in [-0.39, 0.29) is 35.1 Å². The molecule has 1 aromatic carbocycles. The zero-order valence-corrected chi connectivity index (χ0v) is 30.6. The number of aliphatic hydroxyl groups is 1. The summed E-state index contributed by atoms with van der Waals surface area (Å²) >= 11 is 0. The lowest BCUT2D eigenvalue weighted by Crippen LogP contribution is -2.64. The van der Waals surface area contributed by atoms with Gasteiger partial charge < -0.3 is 24.0 Å². The predicted octanol–water partition coefficient (Wildman–Crippen LogP) is 1.43. The first-order chi connectivity index (χ1) is 24.6. The molecule has 4 amide bonds. The maximum atomic E-state index is 11.8. The van der Waals surface area contributed by atoms with Gasteiger partial charge >= 0.3 is 11.7 Å². The van der Waals surface area contributed by atoms with E-state index in [1.807, 2.05) is 26.0 Å². The molecule has 278 valence electrons. The highest BCUT2D eigenvalue weighted by Crippen LogP contribution is 2.62. The summed E-state index contributed by atoms with van der Waals surface area (Å²) < 4.78 is 15.9. The summed E-state index contributed by atoms with van der Waals surface area (Å²) in [6, 6.07) is 3.95. The number of ether oxygens (including phenoxy) is 2. The monoisotopic (exact) mass is 717 g/mol. The van der Waals surface area contributed by atoms with E-state index in [1.54, 1.807) is 25.8 Å². The van der Waals surface area contributed by atoms with Gasteiger partial charge in [0.1, 0.15) is 17.6 Å². The Hall–Kier alpha value is -5.02. The molecule has 2 saturated heterocycles. The molecule has 2 aromatic heterocycles. The average molecular weight is 718 g/mol. The van der Waals surface area contributed by atoms with Crippen LogP contribution in [0.4, 0.5) is 4.79 Å². The number of likely N-dealkylation sites (N-methyl/N-ethyl adjacent to an activating group) is 1. The minimum absolute atomic E-state index is 0.0806. The third-order valence-electron chi connectivity index (χ3n) is 11.2. The van der Waals surface area contributed by atoms with Crippen LogP contribution >= 0.6 is 0 Å². The van der Waals surface area contributed by atoms with Gasteiger partial charge in [0.25, 0.3) is 5.56 Å². The van der Waals surface area contributed by atoms with Gasteiger partial charge in [-0.05, 0) is 56.8 Å². The maximum Gasteiger partial charge on any atom is 0.332 e. The molecular formula is C37H47N7O8. The second kappa shape index (κ2) is 13.5. The lowest BCUT2D eigenvalue weighted by atomic mass is 9.53. The number of nitrogens with one attached hydrogen (secondary N) is 2. The van der Waals surface area contributed by atoms with Gasteiger partial charge in [0, 0.05) is 44.1 Å². The molecule has 5 atom stereocenters. The Morgan fingerprint density at radius 2 is 1.77 bits per heavy atom. The van der Waals surface area contributed by atoms with Crippen molar-refractivity contribution < 1.29 is 29.0 Å². The fourth-order valence-corrected chi connectivity index (χ4v) is 8.84. The topological polar surface area (TPSA) is 179 Å². The van der Waals surface area contributed by atoms with Crippen LogP contribution in [-0.4, -0.2) is 85.5 Å². The van der Waals surface area contributed by atoms with Gasteiger partial charge in [0.2, 0.25) is 11.8 Å². The third-order valence-corrected chi connectivity index (χ3v) is 11.2. The number of carbonyl (C=O) groups excluding carboxylic acids is 3. The van der Waals surface area contributed by atoms with Crippen molar-refractivity contribution in [3.63, 3.8) is 0 Å². The number of allylic oxidation sites excluding steroid dienone is 1. The molecule has 3 aromatic rings. The van der Waals surface area contributed by atoms with Crippen LogP contribution in [0, 0.1) is 17.3 Å². The van der Waals surface area contributed by atoms with E-state index < -0.39 is 29.4 Å². The summed E-state index contributed by atoms with van der Waals surface area (Å²) in [5.41, 5.74) is 1.59. The van der Waals surface area contributed by atoms with Crippen molar-refractivity contribution in [1.82, 2.24) is 34.2 Å². The number of aliphatic hydroxyl groups excluding tert-OH is 1. The van der Waals surface area contributed by atoms with Gasteiger partial charge in [-0.3, -0.25) is 34.2 Å². The van der Waals surface area contributed by atoms with Crippen molar-refractivity contribution >= 4 is 29.0 Å². The van der Waals surface area contributed by atoms with E-state index >= 15 is 0 Å². The first-order valence-electron chi connectivity index (χ1n) is 17.4. The second-order valence-electron chi connectivity index (χ2n) is 14.8. The van der Waals surface area contributed by atoms with Crippen LogP contribution in [0.25, 0.3) is 11.2 Å². The van der Waals surface area contributed by atoms with Crippen molar-refractivity contribution in [2.24, 2.45) is 38.4 Å².